The summed E-state index contributed by atoms with van der Waals surface area (Å²) in [6, 6.07) is 7.69. The molecule has 2 atom stereocenters. The maximum absolute atomic E-state index is 12.4. The minimum atomic E-state index is -0.443. The number of piperidine rings is 1. The molecule has 0 aliphatic carbocycles. The molecule has 24 heavy (non-hydrogen) atoms. The lowest BCUT2D eigenvalue weighted by Gasteiger charge is -2.35. The number of carbonyl (C=O) groups excluding carboxylic acids is 1. The van der Waals surface area contributed by atoms with Gasteiger partial charge in [0.05, 0.1) is 11.5 Å². The minimum absolute atomic E-state index is 0. The summed E-state index contributed by atoms with van der Waals surface area (Å²) in [4.78, 5) is 24.7. The zero-order chi connectivity index (χ0) is 16.4. The number of nitro groups is 1. The largest absolute Gasteiger partial charge is 0.371 e. The van der Waals surface area contributed by atoms with E-state index >= 15 is 0 Å². The molecule has 2 N–H and O–H groups in total. The van der Waals surface area contributed by atoms with Crippen molar-refractivity contribution in [3.05, 3.63) is 34.4 Å². The van der Waals surface area contributed by atoms with Crippen LogP contribution in [0.15, 0.2) is 24.3 Å². The Labute approximate surface area is 147 Å². The molecule has 0 aromatic heterocycles. The minimum Gasteiger partial charge on any atom is -0.371 e. The molecule has 0 spiro atoms. The summed E-state index contributed by atoms with van der Waals surface area (Å²) in [5, 5.41) is 17.5. The number of rotatable bonds is 5. The Kier molecular flexibility index (Phi) is 6.01. The summed E-state index contributed by atoms with van der Waals surface area (Å²) in [5.41, 5.74) is 0.368. The average Bonchev–Trinajstić information content (AvgIpc) is 2.90. The fourth-order valence-corrected chi connectivity index (χ4v) is 3.62. The third-order valence-corrected chi connectivity index (χ3v) is 4.92. The van der Waals surface area contributed by atoms with Crippen LogP contribution in [0.1, 0.15) is 25.7 Å². The van der Waals surface area contributed by atoms with Crippen LogP contribution in [0.4, 0.5) is 11.4 Å². The Morgan fingerprint density at radius 2 is 1.96 bits per heavy atom. The zero-order valence-electron chi connectivity index (χ0n) is 13.6. The summed E-state index contributed by atoms with van der Waals surface area (Å²) in [6.07, 6.45) is 4.36. The van der Waals surface area contributed by atoms with Crippen LogP contribution in [0.25, 0.3) is 0 Å². The van der Waals surface area contributed by atoms with Crippen LogP contribution in [0.5, 0.6) is 0 Å². The first-order valence-corrected chi connectivity index (χ1v) is 8.03. The number of carbonyl (C=O) groups is 1. The predicted octanol–water partition coefficient (Wildman–Crippen LogP) is 2.17. The van der Waals surface area contributed by atoms with E-state index in [2.05, 4.69) is 10.6 Å². The van der Waals surface area contributed by atoms with E-state index < -0.39 is 4.92 Å². The third kappa shape index (κ3) is 3.96. The average molecular weight is 355 g/mol. The monoisotopic (exact) mass is 354 g/mol. The number of amides is 1. The molecule has 2 aliphatic heterocycles. The van der Waals surface area contributed by atoms with Gasteiger partial charge in [-0.3, -0.25) is 14.9 Å². The molecule has 7 nitrogen and oxygen atoms in total. The van der Waals surface area contributed by atoms with Gasteiger partial charge in [0.2, 0.25) is 5.91 Å². The second-order valence-corrected chi connectivity index (χ2v) is 6.40. The summed E-state index contributed by atoms with van der Waals surface area (Å²) in [5.74, 6) is -0.0329. The highest BCUT2D eigenvalue weighted by atomic mass is 35.5. The predicted molar refractivity (Wildman–Crippen MR) is 94.6 cm³/mol. The number of para-hydroxylation sites is 2. The van der Waals surface area contributed by atoms with Crippen LogP contribution < -0.4 is 10.6 Å². The van der Waals surface area contributed by atoms with Gasteiger partial charge in [-0.05, 0) is 31.7 Å². The van der Waals surface area contributed by atoms with Crippen molar-refractivity contribution in [2.75, 3.05) is 18.9 Å². The summed E-state index contributed by atoms with van der Waals surface area (Å²) in [6.45, 7) is 0.0701. The number of benzene rings is 1. The number of nitro benzene ring substituents is 1. The number of fused-ring (bicyclic) bond motifs is 2. The number of halogens is 1. The summed E-state index contributed by atoms with van der Waals surface area (Å²) in [7, 11) is 1.83. The van der Waals surface area contributed by atoms with Crippen molar-refractivity contribution in [3.63, 3.8) is 0 Å². The molecule has 2 unspecified atom stereocenters. The van der Waals surface area contributed by atoms with Crippen LogP contribution in [-0.2, 0) is 4.79 Å². The highest BCUT2D eigenvalue weighted by molar-refractivity contribution is 5.85. The first kappa shape index (κ1) is 18.5. The quantitative estimate of drug-likeness (QED) is 0.625. The Bertz CT molecular complexity index is 601. The van der Waals surface area contributed by atoms with Crippen molar-refractivity contribution >= 4 is 29.7 Å². The van der Waals surface area contributed by atoms with Gasteiger partial charge in [0.25, 0.3) is 5.69 Å². The lowest BCUT2D eigenvalue weighted by Crippen LogP contribution is -2.49. The smallest absolute Gasteiger partial charge is 0.292 e. The van der Waals surface area contributed by atoms with E-state index in [0.29, 0.717) is 17.8 Å². The molecular weight excluding hydrogens is 332 g/mol. The van der Waals surface area contributed by atoms with E-state index in [1.165, 1.54) is 18.9 Å². The van der Waals surface area contributed by atoms with E-state index in [4.69, 9.17) is 0 Å². The molecule has 1 aromatic rings. The Hall–Kier alpha value is -1.86. The van der Waals surface area contributed by atoms with Gasteiger partial charge >= 0.3 is 0 Å². The molecule has 8 heteroatoms. The molecule has 2 aliphatic rings. The van der Waals surface area contributed by atoms with E-state index in [1.54, 1.807) is 23.1 Å². The van der Waals surface area contributed by atoms with Crippen molar-refractivity contribution in [1.29, 1.82) is 0 Å². The van der Waals surface area contributed by atoms with Gasteiger partial charge in [0.15, 0.2) is 0 Å². The van der Waals surface area contributed by atoms with Gasteiger partial charge in [-0.2, -0.15) is 0 Å². The maximum Gasteiger partial charge on any atom is 0.292 e. The zero-order valence-corrected chi connectivity index (χ0v) is 14.4. The van der Waals surface area contributed by atoms with Crippen molar-refractivity contribution in [2.24, 2.45) is 0 Å². The van der Waals surface area contributed by atoms with Gasteiger partial charge < -0.3 is 15.5 Å². The van der Waals surface area contributed by atoms with Gasteiger partial charge in [-0.15, -0.1) is 12.4 Å². The number of hydrogen-bond donors (Lipinski definition) is 2. The van der Waals surface area contributed by atoms with Crippen LogP contribution in [0, 0.1) is 10.1 Å². The van der Waals surface area contributed by atoms with Gasteiger partial charge in [-0.25, -0.2) is 0 Å². The number of hydrogen-bond acceptors (Lipinski definition) is 5. The van der Waals surface area contributed by atoms with Gasteiger partial charge in [0.1, 0.15) is 5.69 Å². The first-order valence-electron chi connectivity index (χ1n) is 8.03. The van der Waals surface area contributed by atoms with Crippen molar-refractivity contribution in [2.45, 2.75) is 43.8 Å². The molecule has 0 saturated carbocycles. The van der Waals surface area contributed by atoms with Gasteiger partial charge in [0, 0.05) is 31.2 Å². The van der Waals surface area contributed by atoms with Crippen molar-refractivity contribution in [3.8, 4) is 0 Å². The van der Waals surface area contributed by atoms with Crippen molar-refractivity contribution in [1.82, 2.24) is 10.2 Å². The molecule has 1 aromatic carbocycles. The van der Waals surface area contributed by atoms with Crippen LogP contribution in [-0.4, -0.2) is 47.4 Å². The second-order valence-electron chi connectivity index (χ2n) is 6.40. The number of anilines is 1. The Morgan fingerprint density at radius 3 is 2.58 bits per heavy atom. The summed E-state index contributed by atoms with van der Waals surface area (Å²) < 4.78 is 0. The fourth-order valence-electron chi connectivity index (χ4n) is 3.62. The topological polar surface area (TPSA) is 87.5 Å². The molecule has 0 radical (unpaired) electrons. The highest BCUT2D eigenvalue weighted by Gasteiger charge is 2.36. The highest BCUT2D eigenvalue weighted by Crippen LogP contribution is 2.29. The Balaban J connectivity index is 0.00000208. The van der Waals surface area contributed by atoms with E-state index in [9.17, 15) is 14.9 Å². The maximum atomic E-state index is 12.4. The summed E-state index contributed by atoms with van der Waals surface area (Å²) >= 11 is 0. The molecule has 1 amide bonds. The lowest BCUT2D eigenvalue weighted by molar-refractivity contribution is -0.383. The van der Waals surface area contributed by atoms with E-state index in [0.717, 1.165) is 12.8 Å². The molecule has 2 fully saturated rings. The molecule has 2 saturated heterocycles. The second kappa shape index (κ2) is 7.81. The van der Waals surface area contributed by atoms with E-state index in [1.807, 2.05) is 7.05 Å². The fraction of sp³-hybridized carbons (Fsp3) is 0.562. The molecule has 132 valence electrons. The first-order chi connectivity index (χ1) is 11.0. The van der Waals surface area contributed by atoms with Crippen LogP contribution in [0.2, 0.25) is 0 Å². The third-order valence-electron chi connectivity index (χ3n) is 4.92. The normalized spacial score (nSPS) is 24.8. The van der Waals surface area contributed by atoms with Crippen LogP contribution in [0.3, 0.4) is 0 Å². The lowest BCUT2D eigenvalue weighted by atomic mass is 9.98. The molecule has 2 bridgehead atoms. The number of nitrogens with zero attached hydrogens (tertiary/aromatic N) is 2. The molecular formula is C16H23ClN4O3. The molecule has 3 rings (SSSR count). The SMILES string of the molecule is CN(C(=O)CNc1ccccc1[N+](=O)[O-])C1CC2CCC(C1)N2.Cl. The van der Waals surface area contributed by atoms with Crippen LogP contribution >= 0.6 is 12.4 Å². The van der Waals surface area contributed by atoms with Crippen molar-refractivity contribution < 1.29 is 9.72 Å². The standard InChI is InChI=1S/C16H22N4O3.ClH/c1-19(13-8-11-6-7-12(9-13)18-11)16(21)10-17-14-4-2-3-5-15(14)20(22)23;/h2-5,11-13,17-18H,6-10H2,1H3;1H. The molecule has 2 heterocycles. The van der Waals surface area contributed by atoms with Gasteiger partial charge in [-0.1, -0.05) is 12.1 Å². The number of likely N-dealkylation sites (N-methyl/N-ethyl adjacent to an activating group) is 1. The number of nitrogens with one attached hydrogen (secondary N) is 2. The Morgan fingerprint density at radius 1 is 1.33 bits per heavy atom. The van der Waals surface area contributed by atoms with E-state index in [-0.39, 0.29) is 36.6 Å².